The molecule has 2 aromatic rings. The zero-order valence-electron chi connectivity index (χ0n) is 15.7. The van der Waals surface area contributed by atoms with Crippen LogP contribution in [0.1, 0.15) is 35.5 Å². The third-order valence-corrected chi connectivity index (χ3v) is 3.97. The minimum Gasteiger partial charge on any atom is -0.383 e. The molecule has 0 aliphatic carbocycles. The summed E-state index contributed by atoms with van der Waals surface area (Å²) in [5, 5.41) is 4.13. The maximum Gasteiger partial charge on any atom is 0.417 e. The van der Waals surface area contributed by atoms with Gasteiger partial charge in [0.1, 0.15) is 0 Å². The lowest BCUT2D eigenvalue weighted by Crippen LogP contribution is -2.37. The number of nitrogens with zero attached hydrogens (tertiary/aromatic N) is 4. The number of carbonyl (C=O) groups is 1. The van der Waals surface area contributed by atoms with Gasteiger partial charge in [-0.1, -0.05) is 13.8 Å². The molecule has 0 fully saturated rings. The quantitative estimate of drug-likeness (QED) is 0.735. The maximum atomic E-state index is 12.9. The van der Waals surface area contributed by atoms with Crippen LogP contribution in [0.4, 0.5) is 13.2 Å². The van der Waals surface area contributed by atoms with Crippen molar-refractivity contribution in [2.75, 3.05) is 26.8 Å². The second kappa shape index (κ2) is 8.51. The number of aromatic nitrogens is 3. The molecule has 9 heteroatoms. The van der Waals surface area contributed by atoms with Gasteiger partial charge in [0.15, 0.2) is 5.82 Å². The Kier molecular flexibility index (Phi) is 6.59. The van der Waals surface area contributed by atoms with E-state index in [1.807, 2.05) is 13.8 Å². The van der Waals surface area contributed by atoms with Gasteiger partial charge in [-0.2, -0.15) is 18.3 Å². The zero-order valence-corrected chi connectivity index (χ0v) is 15.7. The van der Waals surface area contributed by atoms with Crippen LogP contribution in [0.15, 0.2) is 24.5 Å². The highest BCUT2D eigenvalue weighted by molar-refractivity contribution is 5.95. The fourth-order valence-electron chi connectivity index (χ4n) is 2.62. The van der Waals surface area contributed by atoms with E-state index in [4.69, 9.17) is 4.74 Å². The minimum absolute atomic E-state index is 0.198. The molecule has 0 spiro atoms. The molecule has 2 aromatic heterocycles. The van der Waals surface area contributed by atoms with Crippen molar-refractivity contribution in [3.8, 4) is 5.82 Å². The van der Waals surface area contributed by atoms with Crippen LogP contribution in [-0.2, 0) is 10.9 Å². The fourth-order valence-corrected chi connectivity index (χ4v) is 2.62. The third-order valence-electron chi connectivity index (χ3n) is 3.97. The summed E-state index contributed by atoms with van der Waals surface area (Å²) < 4.78 is 44.5. The van der Waals surface area contributed by atoms with E-state index in [1.54, 1.807) is 18.9 Å². The molecule has 148 valence electrons. The van der Waals surface area contributed by atoms with Crippen molar-refractivity contribution < 1.29 is 22.7 Å². The van der Waals surface area contributed by atoms with Crippen LogP contribution in [-0.4, -0.2) is 52.4 Å². The lowest BCUT2D eigenvalue weighted by molar-refractivity contribution is -0.137. The average molecular weight is 384 g/mol. The van der Waals surface area contributed by atoms with Crippen molar-refractivity contribution in [3.05, 3.63) is 41.3 Å². The molecule has 0 aliphatic rings. The number of carbonyl (C=O) groups excluding carboxylic acids is 1. The topological polar surface area (TPSA) is 60.2 Å². The highest BCUT2D eigenvalue weighted by Crippen LogP contribution is 2.28. The van der Waals surface area contributed by atoms with E-state index in [0.717, 1.165) is 12.3 Å². The van der Waals surface area contributed by atoms with E-state index in [1.165, 1.54) is 16.9 Å². The zero-order chi connectivity index (χ0) is 20.2. The fraction of sp³-hybridized carbons (Fsp3) is 0.500. The van der Waals surface area contributed by atoms with Crippen LogP contribution in [0.2, 0.25) is 0 Å². The van der Waals surface area contributed by atoms with Crippen molar-refractivity contribution in [2.24, 2.45) is 5.92 Å². The molecule has 0 atom stereocenters. The number of pyridine rings is 1. The number of ether oxygens (including phenoxy) is 1. The van der Waals surface area contributed by atoms with E-state index in [9.17, 15) is 18.0 Å². The van der Waals surface area contributed by atoms with E-state index in [2.05, 4.69) is 10.1 Å². The van der Waals surface area contributed by atoms with Gasteiger partial charge in [0.05, 0.1) is 29.6 Å². The lowest BCUT2D eigenvalue weighted by Gasteiger charge is -2.24. The van der Waals surface area contributed by atoms with Crippen molar-refractivity contribution >= 4 is 5.91 Å². The van der Waals surface area contributed by atoms with Gasteiger partial charge in [-0.15, -0.1) is 0 Å². The highest BCUT2D eigenvalue weighted by Gasteiger charge is 2.31. The summed E-state index contributed by atoms with van der Waals surface area (Å²) >= 11 is 0. The highest BCUT2D eigenvalue weighted by atomic mass is 19.4. The second-order valence-electron chi connectivity index (χ2n) is 6.60. The Labute approximate surface area is 155 Å². The number of hydrogen-bond donors (Lipinski definition) is 0. The number of halogens is 3. The lowest BCUT2D eigenvalue weighted by atomic mass is 10.1. The van der Waals surface area contributed by atoms with Crippen molar-refractivity contribution in [1.82, 2.24) is 19.7 Å². The summed E-state index contributed by atoms with van der Waals surface area (Å²) in [7, 11) is 1.57. The Bertz CT molecular complexity index is 770. The Hall–Kier alpha value is -2.42. The summed E-state index contributed by atoms with van der Waals surface area (Å²) in [5.41, 5.74) is 0.0573. The van der Waals surface area contributed by atoms with Crippen molar-refractivity contribution in [1.29, 1.82) is 0 Å². The molecule has 0 bridgehead atoms. The Morgan fingerprint density at radius 3 is 2.52 bits per heavy atom. The van der Waals surface area contributed by atoms with Gasteiger partial charge in [-0.3, -0.25) is 4.79 Å². The number of hydrogen-bond acceptors (Lipinski definition) is 4. The molecule has 2 heterocycles. The SMILES string of the molecule is COCCN(CC(C)C)C(=O)c1cnn(-c2ccc(C(F)(F)F)cn2)c1C. The van der Waals surface area contributed by atoms with Gasteiger partial charge < -0.3 is 9.64 Å². The predicted octanol–water partition coefficient (Wildman–Crippen LogP) is 3.34. The van der Waals surface area contributed by atoms with Crippen LogP contribution in [0.5, 0.6) is 0 Å². The van der Waals surface area contributed by atoms with Crippen molar-refractivity contribution in [3.63, 3.8) is 0 Å². The summed E-state index contributed by atoms with van der Waals surface area (Å²) in [6.07, 6.45) is -2.29. The molecular formula is C18H23F3N4O2. The normalized spacial score (nSPS) is 11.9. The van der Waals surface area contributed by atoms with Crippen LogP contribution in [0.3, 0.4) is 0 Å². The first kappa shape index (κ1) is 20.9. The van der Waals surface area contributed by atoms with Gasteiger partial charge in [-0.05, 0) is 25.0 Å². The molecule has 0 radical (unpaired) electrons. The Balaban J connectivity index is 2.28. The van der Waals surface area contributed by atoms with Crippen LogP contribution < -0.4 is 0 Å². The number of rotatable bonds is 7. The first-order valence-corrected chi connectivity index (χ1v) is 8.51. The predicted molar refractivity (Wildman–Crippen MR) is 93.7 cm³/mol. The van der Waals surface area contributed by atoms with Gasteiger partial charge in [0, 0.05) is 26.4 Å². The molecule has 0 saturated heterocycles. The molecule has 0 aliphatic heterocycles. The Morgan fingerprint density at radius 1 is 1.30 bits per heavy atom. The number of methoxy groups -OCH3 is 1. The third kappa shape index (κ3) is 5.06. The van der Waals surface area contributed by atoms with E-state index < -0.39 is 11.7 Å². The molecule has 0 aromatic carbocycles. The second-order valence-corrected chi connectivity index (χ2v) is 6.60. The maximum absolute atomic E-state index is 12.9. The van der Waals surface area contributed by atoms with Crippen LogP contribution >= 0.6 is 0 Å². The van der Waals surface area contributed by atoms with E-state index in [-0.39, 0.29) is 17.6 Å². The summed E-state index contributed by atoms with van der Waals surface area (Å²) in [6, 6.07) is 2.17. The van der Waals surface area contributed by atoms with E-state index >= 15 is 0 Å². The number of alkyl halides is 3. The molecule has 27 heavy (non-hydrogen) atoms. The number of amides is 1. The standard InChI is InChI=1S/C18H23F3N4O2/c1-12(2)11-24(7-8-27-4)17(26)15-10-23-25(13(15)3)16-6-5-14(9-22-16)18(19,20)21/h5-6,9-10,12H,7-8,11H2,1-4H3. The minimum atomic E-state index is -4.45. The average Bonchev–Trinajstić information content (AvgIpc) is 2.98. The van der Waals surface area contributed by atoms with Gasteiger partial charge in [-0.25, -0.2) is 9.67 Å². The smallest absolute Gasteiger partial charge is 0.383 e. The molecule has 2 rings (SSSR count). The van der Waals surface area contributed by atoms with Gasteiger partial charge in [0.25, 0.3) is 5.91 Å². The van der Waals surface area contributed by atoms with Gasteiger partial charge in [0.2, 0.25) is 0 Å². The monoisotopic (exact) mass is 384 g/mol. The molecular weight excluding hydrogens is 361 g/mol. The van der Waals surface area contributed by atoms with Crippen LogP contribution in [0.25, 0.3) is 5.82 Å². The molecule has 0 saturated carbocycles. The van der Waals surface area contributed by atoms with Crippen molar-refractivity contribution in [2.45, 2.75) is 26.9 Å². The molecule has 0 unspecified atom stereocenters. The largest absolute Gasteiger partial charge is 0.417 e. The first-order valence-electron chi connectivity index (χ1n) is 8.51. The first-order chi connectivity index (χ1) is 12.6. The summed E-state index contributed by atoms with van der Waals surface area (Å²) in [4.78, 5) is 18.4. The summed E-state index contributed by atoms with van der Waals surface area (Å²) in [5.74, 6) is 0.293. The Morgan fingerprint density at radius 2 is 2.00 bits per heavy atom. The molecule has 0 N–H and O–H groups in total. The summed E-state index contributed by atoms with van der Waals surface area (Å²) in [6.45, 7) is 7.11. The van der Waals surface area contributed by atoms with E-state index in [0.29, 0.717) is 31.0 Å². The van der Waals surface area contributed by atoms with Gasteiger partial charge >= 0.3 is 6.18 Å². The molecule has 1 amide bonds. The van der Waals surface area contributed by atoms with Crippen LogP contribution in [0, 0.1) is 12.8 Å². The molecule has 6 nitrogen and oxygen atoms in total.